The first kappa shape index (κ1) is 15.4. The third-order valence-corrected chi connectivity index (χ3v) is 4.08. The molecule has 1 aliphatic heterocycles. The van der Waals surface area contributed by atoms with Gasteiger partial charge in [-0.1, -0.05) is 6.92 Å². The summed E-state index contributed by atoms with van der Waals surface area (Å²) >= 11 is 0. The Balaban J connectivity index is 2.45. The topological polar surface area (TPSA) is 61.6 Å². The molecule has 2 atom stereocenters. The van der Waals surface area contributed by atoms with E-state index in [-0.39, 0.29) is 5.91 Å². The number of carbonyl (C=O) groups is 1. The summed E-state index contributed by atoms with van der Waals surface area (Å²) in [5.41, 5.74) is 4.91. The van der Waals surface area contributed by atoms with Crippen LogP contribution in [0.5, 0.6) is 0 Å². The van der Waals surface area contributed by atoms with Crippen molar-refractivity contribution in [2.45, 2.75) is 38.8 Å². The molecule has 0 spiro atoms. The van der Waals surface area contributed by atoms with E-state index in [1.165, 1.54) is 0 Å². The van der Waals surface area contributed by atoms with Crippen molar-refractivity contribution in [3.05, 3.63) is 0 Å². The second-order valence-corrected chi connectivity index (χ2v) is 5.61. The molecular formula is C13H28N4O. The Morgan fingerprint density at radius 3 is 2.67 bits per heavy atom. The van der Waals surface area contributed by atoms with Gasteiger partial charge in [0.15, 0.2) is 0 Å². The number of piperazine rings is 1. The summed E-state index contributed by atoms with van der Waals surface area (Å²) in [4.78, 5) is 16.3. The summed E-state index contributed by atoms with van der Waals surface area (Å²) < 4.78 is 0. The Morgan fingerprint density at radius 2 is 2.17 bits per heavy atom. The summed E-state index contributed by atoms with van der Waals surface area (Å²) in [6.45, 7) is 11.1. The van der Waals surface area contributed by atoms with E-state index in [2.05, 4.69) is 29.1 Å². The minimum absolute atomic E-state index is 0.258. The van der Waals surface area contributed by atoms with E-state index in [9.17, 15) is 4.79 Å². The van der Waals surface area contributed by atoms with Crippen LogP contribution >= 0.6 is 0 Å². The number of nitrogens with zero attached hydrogens (tertiary/aromatic N) is 2. The molecule has 106 valence electrons. The maximum Gasteiger partial charge on any atom is 0.237 e. The highest BCUT2D eigenvalue weighted by Crippen LogP contribution is 2.13. The lowest BCUT2D eigenvalue weighted by Gasteiger charge is -2.39. The van der Waals surface area contributed by atoms with Crippen LogP contribution in [0.1, 0.15) is 27.2 Å². The maximum absolute atomic E-state index is 11.5. The predicted molar refractivity (Wildman–Crippen MR) is 74.4 cm³/mol. The Kier molecular flexibility index (Phi) is 5.56. The fourth-order valence-electron chi connectivity index (χ4n) is 2.40. The lowest BCUT2D eigenvalue weighted by atomic mass is 9.96. The predicted octanol–water partition coefficient (Wildman–Crippen LogP) is -0.134. The van der Waals surface area contributed by atoms with Crippen molar-refractivity contribution in [3.63, 3.8) is 0 Å². The fraction of sp³-hybridized carbons (Fsp3) is 0.923. The summed E-state index contributed by atoms with van der Waals surface area (Å²) in [5.74, 6) is -0.258. The van der Waals surface area contributed by atoms with Crippen molar-refractivity contribution in [1.82, 2.24) is 15.1 Å². The van der Waals surface area contributed by atoms with Crippen LogP contribution in [-0.2, 0) is 4.79 Å². The molecule has 0 bridgehead atoms. The average Bonchev–Trinajstić information content (AvgIpc) is 2.31. The van der Waals surface area contributed by atoms with Crippen LogP contribution in [0.15, 0.2) is 0 Å². The van der Waals surface area contributed by atoms with Crippen LogP contribution < -0.4 is 11.1 Å². The van der Waals surface area contributed by atoms with Crippen molar-refractivity contribution >= 4 is 5.91 Å². The number of nitrogens with one attached hydrogen (secondary N) is 1. The second kappa shape index (κ2) is 6.50. The summed E-state index contributed by atoms with van der Waals surface area (Å²) in [7, 11) is 2.16. The van der Waals surface area contributed by atoms with Gasteiger partial charge in [-0.05, 0) is 33.9 Å². The Bertz CT molecular complexity index is 284. The van der Waals surface area contributed by atoms with E-state index >= 15 is 0 Å². The van der Waals surface area contributed by atoms with Crippen LogP contribution in [0.25, 0.3) is 0 Å². The molecule has 0 saturated carbocycles. The van der Waals surface area contributed by atoms with Gasteiger partial charge in [0.25, 0.3) is 0 Å². The summed E-state index contributed by atoms with van der Waals surface area (Å²) in [6.07, 6.45) is 0.770. The summed E-state index contributed by atoms with van der Waals surface area (Å²) in [5, 5.41) is 3.21. The van der Waals surface area contributed by atoms with Crippen molar-refractivity contribution in [2.75, 3.05) is 39.8 Å². The Hall–Kier alpha value is -0.650. The number of rotatable bonds is 6. The zero-order chi connectivity index (χ0) is 13.8. The Labute approximate surface area is 111 Å². The molecule has 18 heavy (non-hydrogen) atoms. The van der Waals surface area contributed by atoms with E-state index in [0.717, 1.165) is 39.1 Å². The zero-order valence-electron chi connectivity index (χ0n) is 12.2. The second-order valence-electron chi connectivity index (χ2n) is 5.61. The number of nitrogens with two attached hydrogens (primary N) is 1. The van der Waals surface area contributed by atoms with Crippen molar-refractivity contribution < 1.29 is 4.79 Å². The number of amides is 1. The van der Waals surface area contributed by atoms with Crippen molar-refractivity contribution in [3.8, 4) is 0 Å². The number of carbonyl (C=O) groups excluding carboxylic acids is 1. The molecule has 1 rings (SSSR count). The highest BCUT2D eigenvalue weighted by atomic mass is 16.1. The van der Waals surface area contributed by atoms with E-state index in [1.54, 1.807) is 0 Å². The largest absolute Gasteiger partial charge is 0.368 e. The smallest absolute Gasteiger partial charge is 0.237 e. The maximum atomic E-state index is 11.5. The van der Waals surface area contributed by atoms with E-state index in [1.807, 2.05) is 13.8 Å². The molecule has 1 heterocycles. The number of hydrogen-bond donors (Lipinski definition) is 2. The normalized spacial score (nSPS) is 25.9. The van der Waals surface area contributed by atoms with Gasteiger partial charge in [-0.25, -0.2) is 0 Å². The lowest BCUT2D eigenvalue weighted by Crippen LogP contribution is -2.56. The standard InChI is InChI=1S/C13H28N4O/c1-5-15-13(3,12(14)18)6-7-17-9-8-16(4)11(2)10-17/h11,15H,5-10H2,1-4H3,(H2,14,18). The van der Waals surface area contributed by atoms with Crippen molar-refractivity contribution in [2.24, 2.45) is 5.73 Å². The van der Waals surface area contributed by atoms with Gasteiger partial charge in [0.1, 0.15) is 0 Å². The van der Waals surface area contributed by atoms with Gasteiger partial charge in [0, 0.05) is 32.2 Å². The summed E-state index contributed by atoms with van der Waals surface area (Å²) in [6, 6.07) is 0.581. The third kappa shape index (κ3) is 3.93. The third-order valence-electron chi connectivity index (χ3n) is 4.08. The molecular weight excluding hydrogens is 228 g/mol. The SMILES string of the molecule is CCNC(C)(CCN1CCN(C)C(C)C1)C(N)=O. The van der Waals surface area contributed by atoms with Crippen LogP contribution in [0.4, 0.5) is 0 Å². The molecule has 1 fully saturated rings. The molecule has 0 aromatic carbocycles. The molecule has 0 aromatic rings. The van der Waals surface area contributed by atoms with Gasteiger partial charge >= 0.3 is 0 Å². The van der Waals surface area contributed by atoms with Crippen LogP contribution in [0.2, 0.25) is 0 Å². The molecule has 1 aliphatic rings. The van der Waals surface area contributed by atoms with Gasteiger partial charge in [-0.15, -0.1) is 0 Å². The first-order valence-corrected chi connectivity index (χ1v) is 6.86. The van der Waals surface area contributed by atoms with Gasteiger partial charge in [0.2, 0.25) is 5.91 Å². The molecule has 0 radical (unpaired) electrons. The Morgan fingerprint density at radius 1 is 1.50 bits per heavy atom. The minimum Gasteiger partial charge on any atom is -0.368 e. The first-order valence-electron chi connectivity index (χ1n) is 6.86. The molecule has 2 unspecified atom stereocenters. The average molecular weight is 256 g/mol. The molecule has 5 nitrogen and oxygen atoms in total. The van der Waals surface area contributed by atoms with Gasteiger partial charge in [0.05, 0.1) is 5.54 Å². The van der Waals surface area contributed by atoms with Crippen molar-refractivity contribution in [1.29, 1.82) is 0 Å². The molecule has 1 saturated heterocycles. The fourth-order valence-corrected chi connectivity index (χ4v) is 2.40. The lowest BCUT2D eigenvalue weighted by molar-refractivity contribution is -0.124. The molecule has 5 heteroatoms. The van der Waals surface area contributed by atoms with E-state index < -0.39 is 5.54 Å². The van der Waals surface area contributed by atoms with Gasteiger partial charge < -0.3 is 20.9 Å². The molecule has 0 aliphatic carbocycles. The number of likely N-dealkylation sites (N-methyl/N-ethyl adjacent to an activating group) is 2. The van der Waals surface area contributed by atoms with Gasteiger partial charge in [-0.3, -0.25) is 4.79 Å². The number of primary amides is 1. The molecule has 3 N–H and O–H groups in total. The monoisotopic (exact) mass is 256 g/mol. The highest BCUT2D eigenvalue weighted by Gasteiger charge is 2.31. The minimum atomic E-state index is -0.582. The van der Waals surface area contributed by atoms with Crippen LogP contribution in [-0.4, -0.2) is 67.1 Å². The first-order chi connectivity index (χ1) is 8.39. The molecule has 1 amide bonds. The van der Waals surface area contributed by atoms with E-state index in [0.29, 0.717) is 6.04 Å². The molecule has 0 aromatic heterocycles. The van der Waals surface area contributed by atoms with E-state index in [4.69, 9.17) is 5.73 Å². The van der Waals surface area contributed by atoms with Crippen LogP contribution in [0.3, 0.4) is 0 Å². The highest BCUT2D eigenvalue weighted by molar-refractivity contribution is 5.84. The zero-order valence-corrected chi connectivity index (χ0v) is 12.2. The van der Waals surface area contributed by atoms with Gasteiger partial charge in [-0.2, -0.15) is 0 Å². The quantitative estimate of drug-likeness (QED) is 0.695. The number of hydrogen-bond acceptors (Lipinski definition) is 4. The van der Waals surface area contributed by atoms with Crippen LogP contribution in [0, 0.1) is 0 Å².